The maximum atomic E-state index is 10.0. The second-order valence-electron chi connectivity index (χ2n) is 7.78. The molecular weight excluding hydrogens is 621 g/mol. The number of ketones is 1. The number of aliphatic hydroxyl groups excluding tert-OH is 1. The number of hydrogen-bond donors (Lipinski definition) is 1. The number of fused-ring (bicyclic) bond motifs is 2. The summed E-state index contributed by atoms with van der Waals surface area (Å²) in [5, 5.41) is 12.0. The van der Waals surface area contributed by atoms with E-state index in [4.69, 9.17) is 10.1 Å². The Morgan fingerprint density at radius 3 is 2.38 bits per heavy atom. The minimum atomic E-state index is -0.125. The number of pyridine rings is 1. The van der Waals surface area contributed by atoms with Crippen LogP contribution in [0.5, 0.6) is 0 Å². The maximum Gasteiger partial charge on any atom is 0.155 e. The standard InChI is InChI=1S/C23H13N2S.C5H8O2.Ir/c1-2-7-15(8-3-1)25-17-10-4-9-16-21(17)22-18(25)11-5-12-19(22)26-20-13-6-14-24-23(16)20;1-4(6)3-5(2)7;/h1-8,10-14H;3,6H,1-2H3;/q-1;;/b;4-3-;. The first-order chi connectivity index (χ1) is 16.0. The molecule has 1 N–H and O–H groups in total. The van der Waals surface area contributed by atoms with Crippen molar-refractivity contribution in [1.29, 1.82) is 0 Å². The van der Waals surface area contributed by atoms with E-state index >= 15 is 0 Å². The van der Waals surface area contributed by atoms with E-state index in [1.54, 1.807) is 11.3 Å². The summed E-state index contributed by atoms with van der Waals surface area (Å²) in [6.45, 7) is 2.85. The molecule has 0 saturated carbocycles. The first-order valence-electron chi connectivity index (χ1n) is 10.6. The van der Waals surface area contributed by atoms with Crippen molar-refractivity contribution >= 4 is 59.2 Å². The van der Waals surface area contributed by atoms with Crippen LogP contribution in [0.2, 0.25) is 0 Å². The zero-order valence-corrected chi connectivity index (χ0v) is 21.8. The van der Waals surface area contributed by atoms with Gasteiger partial charge >= 0.3 is 0 Å². The number of nitrogens with zero attached hydrogens (tertiary/aromatic N) is 2. The van der Waals surface area contributed by atoms with Crippen LogP contribution in [0, 0.1) is 6.07 Å². The molecule has 0 unspecified atom stereocenters. The average Bonchev–Trinajstić information content (AvgIpc) is 3.06. The fourth-order valence-corrected chi connectivity index (χ4v) is 5.30. The summed E-state index contributed by atoms with van der Waals surface area (Å²) in [5.74, 6) is -0.0625. The molecular formula is C28H21IrN2O2S-. The maximum absolute atomic E-state index is 10.0. The Balaban J connectivity index is 0.000000303. The summed E-state index contributed by atoms with van der Waals surface area (Å²) in [6, 6.07) is 28.9. The fraction of sp³-hybridized carbons (Fsp3) is 0.0714. The van der Waals surface area contributed by atoms with E-state index in [2.05, 4.69) is 71.3 Å². The summed E-state index contributed by atoms with van der Waals surface area (Å²) in [7, 11) is 0. The Hall–Kier alpha value is -3.31. The summed E-state index contributed by atoms with van der Waals surface area (Å²) in [4.78, 5) is 14.7. The van der Waals surface area contributed by atoms with Gasteiger partial charge in [-0.3, -0.25) is 4.79 Å². The second-order valence-corrected chi connectivity index (χ2v) is 8.87. The van der Waals surface area contributed by atoms with Crippen molar-refractivity contribution in [3.63, 3.8) is 0 Å². The van der Waals surface area contributed by atoms with Crippen LogP contribution in [0.1, 0.15) is 13.8 Å². The molecule has 6 heteroatoms. The molecule has 1 radical (unpaired) electrons. The Bertz CT molecular complexity index is 1660. The van der Waals surface area contributed by atoms with E-state index in [0.717, 1.165) is 10.9 Å². The molecule has 6 rings (SSSR count). The molecule has 0 atom stereocenters. The number of aliphatic hydroxyl groups is 1. The van der Waals surface area contributed by atoms with Crippen molar-refractivity contribution in [1.82, 2.24) is 9.55 Å². The Morgan fingerprint density at radius 2 is 1.68 bits per heavy atom. The smallest absolute Gasteiger partial charge is 0.155 e. The molecule has 34 heavy (non-hydrogen) atoms. The van der Waals surface area contributed by atoms with Gasteiger partial charge in [-0.2, -0.15) is 0 Å². The molecule has 0 aliphatic rings. The van der Waals surface area contributed by atoms with Crippen LogP contribution in [0.25, 0.3) is 47.8 Å². The zero-order valence-electron chi connectivity index (χ0n) is 18.6. The number of hydrogen-bond acceptors (Lipinski definition) is 4. The molecule has 171 valence electrons. The number of rotatable bonds is 2. The monoisotopic (exact) mass is 642 g/mol. The van der Waals surface area contributed by atoms with Crippen molar-refractivity contribution < 1.29 is 30.0 Å². The van der Waals surface area contributed by atoms with Gasteiger partial charge in [-0.05, 0) is 55.1 Å². The largest absolute Gasteiger partial charge is 0.512 e. The van der Waals surface area contributed by atoms with Crippen LogP contribution in [0.15, 0.2) is 90.8 Å². The first-order valence-corrected chi connectivity index (χ1v) is 11.4. The van der Waals surface area contributed by atoms with Gasteiger partial charge in [0.2, 0.25) is 0 Å². The molecule has 0 fully saturated rings. The number of carbonyl (C=O) groups excluding carboxylic acids is 1. The predicted molar refractivity (Wildman–Crippen MR) is 137 cm³/mol. The van der Waals surface area contributed by atoms with E-state index in [9.17, 15) is 4.79 Å². The summed E-state index contributed by atoms with van der Waals surface area (Å²) in [5.41, 5.74) is 4.62. The minimum Gasteiger partial charge on any atom is -0.512 e. The first kappa shape index (κ1) is 23.8. The van der Waals surface area contributed by atoms with E-state index in [0.29, 0.717) is 0 Å². The van der Waals surface area contributed by atoms with Crippen molar-refractivity contribution in [2.75, 3.05) is 0 Å². The molecule has 4 nitrogen and oxygen atoms in total. The summed E-state index contributed by atoms with van der Waals surface area (Å²) >= 11 is 1.80. The van der Waals surface area contributed by atoms with Gasteiger partial charge in [0.15, 0.2) is 5.78 Å². The Kier molecular flexibility index (Phi) is 6.94. The van der Waals surface area contributed by atoms with Gasteiger partial charge in [-0.25, -0.2) is 0 Å². The number of benzene rings is 3. The van der Waals surface area contributed by atoms with Crippen LogP contribution in [-0.4, -0.2) is 20.4 Å². The van der Waals surface area contributed by atoms with Gasteiger partial charge in [0, 0.05) is 58.5 Å². The molecule has 0 amide bonds. The van der Waals surface area contributed by atoms with Crippen molar-refractivity contribution in [3.05, 3.63) is 96.9 Å². The number of carbonyl (C=O) groups is 1. The number of aromatic nitrogens is 2. The predicted octanol–water partition coefficient (Wildman–Crippen LogP) is 7.38. The third-order valence-electron chi connectivity index (χ3n) is 5.37. The van der Waals surface area contributed by atoms with Crippen molar-refractivity contribution in [2.45, 2.75) is 13.8 Å². The molecule has 0 spiro atoms. The van der Waals surface area contributed by atoms with Gasteiger partial charge in [0.1, 0.15) is 0 Å². The van der Waals surface area contributed by atoms with Gasteiger partial charge in [-0.15, -0.1) is 34.9 Å². The van der Waals surface area contributed by atoms with E-state index in [1.807, 2.05) is 18.3 Å². The number of para-hydroxylation sites is 1. The molecule has 6 aromatic rings. The molecule has 3 heterocycles. The van der Waals surface area contributed by atoms with Crippen LogP contribution in [0.4, 0.5) is 0 Å². The molecule has 0 saturated heterocycles. The zero-order chi connectivity index (χ0) is 22.9. The topological polar surface area (TPSA) is 55.1 Å². The van der Waals surface area contributed by atoms with Crippen LogP contribution >= 0.6 is 11.3 Å². The molecule has 0 aliphatic heterocycles. The Morgan fingerprint density at radius 1 is 0.941 bits per heavy atom. The Labute approximate surface area is 214 Å². The van der Waals surface area contributed by atoms with Gasteiger partial charge in [0.05, 0.1) is 5.76 Å². The van der Waals surface area contributed by atoms with Crippen molar-refractivity contribution in [2.24, 2.45) is 0 Å². The molecule has 0 aliphatic carbocycles. The second kappa shape index (κ2) is 9.90. The normalized spacial score (nSPS) is 11.4. The SMILES string of the molecule is CC(=O)/C=C(/C)O.[Ir].[c-]1ccc2c3c1c1ncccc1sc1cccc(c13)n2-c1ccccc1. The molecule has 3 aromatic heterocycles. The number of allylic oxidation sites excluding steroid dienone is 2. The third-order valence-corrected chi connectivity index (χ3v) is 6.47. The average molecular weight is 642 g/mol. The van der Waals surface area contributed by atoms with Gasteiger partial charge in [0.25, 0.3) is 0 Å². The van der Waals surface area contributed by atoms with E-state index in [1.165, 1.54) is 56.8 Å². The fourth-order valence-electron chi connectivity index (χ4n) is 4.21. The molecule has 0 bridgehead atoms. The summed E-state index contributed by atoms with van der Waals surface area (Å²) < 4.78 is 4.81. The van der Waals surface area contributed by atoms with Gasteiger partial charge in [-0.1, -0.05) is 35.7 Å². The van der Waals surface area contributed by atoms with Crippen LogP contribution in [0.3, 0.4) is 0 Å². The minimum absolute atomic E-state index is 0. The van der Waals surface area contributed by atoms with Crippen LogP contribution in [-0.2, 0) is 24.9 Å². The van der Waals surface area contributed by atoms with Crippen LogP contribution < -0.4 is 0 Å². The third kappa shape index (κ3) is 4.28. The quantitative estimate of drug-likeness (QED) is 0.122. The molecule has 3 aromatic carbocycles. The van der Waals surface area contributed by atoms with Crippen molar-refractivity contribution in [3.8, 4) is 5.69 Å². The van der Waals surface area contributed by atoms with E-state index < -0.39 is 0 Å². The summed E-state index contributed by atoms with van der Waals surface area (Å²) in [6.07, 6.45) is 3.04. The van der Waals surface area contributed by atoms with E-state index in [-0.39, 0.29) is 31.6 Å². The van der Waals surface area contributed by atoms with Gasteiger partial charge < -0.3 is 14.7 Å².